The topological polar surface area (TPSA) is 21.3 Å². The van der Waals surface area contributed by atoms with Crippen LogP contribution in [0.2, 0.25) is 0 Å². The van der Waals surface area contributed by atoms with Gasteiger partial charge in [0.25, 0.3) is 0 Å². The van der Waals surface area contributed by atoms with E-state index in [9.17, 15) is 0 Å². The molecule has 0 aliphatic rings. The van der Waals surface area contributed by atoms with Gasteiger partial charge in [-0.2, -0.15) is 0 Å². The Kier molecular flexibility index (Phi) is 6.21. The van der Waals surface area contributed by atoms with Crippen LogP contribution in [0.15, 0.2) is 24.3 Å². The molecule has 1 rings (SSSR count). The van der Waals surface area contributed by atoms with E-state index in [2.05, 4.69) is 30.3 Å². The molecule has 2 heteroatoms. The number of nitrogens with one attached hydrogen (secondary N) is 1. The molecule has 0 aliphatic carbocycles. The zero-order chi connectivity index (χ0) is 12.5. The van der Waals surface area contributed by atoms with Crippen molar-refractivity contribution in [2.75, 3.05) is 13.7 Å². The number of hydrogen-bond acceptors (Lipinski definition) is 2. The summed E-state index contributed by atoms with van der Waals surface area (Å²) in [6, 6.07) is 8.36. The van der Waals surface area contributed by atoms with Gasteiger partial charge < -0.3 is 10.1 Å². The van der Waals surface area contributed by atoms with Gasteiger partial charge in [0.1, 0.15) is 5.75 Å². The predicted molar refractivity (Wildman–Crippen MR) is 72.2 cm³/mol. The van der Waals surface area contributed by atoms with E-state index in [0.29, 0.717) is 0 Å². The third-order valence-electron chi connectivity index (χ3n) is 2.74. The Balaban J connectivity index is 2.32. The third kappa shape index (κ3) is 4.93. The summed E-state index contributed by atoms with van der Waals surface area (Å²) in [6.07, 6.45) is 8.60. The lowest BCUT2D eigenvalue weighted by molar-refractivity contribution is 0.414. The molecule has 0 fully saturated rings. The van der Waals surface area contributed by atoms with E-state index in [4.69, 9.17) is 11.2 Å². The van der Waals surface area contributed by atoms with Crippen molar-refractivity contribution in [3.63, 3.8) is 0 Å². The van der Waals surface area contributed by atoms with Crippen LogP contribution in [-0.2, 0) is 6.42 Å². The number of terminal acetylenes is 1. The minimum atomic E-state index is 0.207. The first-order valence-corrected chi connectivity index (χ1v) is 6.12. The third-order valence-corrected chi connectivity index (χ3v) is 2.74. The van der Waals surface area contributed by atoms with E-state index in [0.717, 1.165) is 31.6 Å². The lowest BCUT2D eigenvalue weighted by Crippen LogP contribution is -2.29. The zero-order valence-corrected chi connectivity index (χ0v) is 10.7. The molecule has 0 amide bonds. The van der Waals surface area contributed by atoms with Gasteiger partial charge in [-0.3, -0.25) is 0 Å². The number of rotatable bonds is 7. The standard InChI is InChI=1S/C15H21NO/c1-4-6-14(5-2)16-12-11-13-7-9-15(17-3)10-8-13/h2,7-10,14,16H,4,6,11-12H2,1,3H3. The highest BCUT2D eigenvalue weighted by atomic mass is 16.5. The second kappa shape index (κ2) is 7.76. The van der Waals surface area contributed by atoms with Crippen molar-refractivity contribution in [2.24, 2.45) is 0 Å². The molecule has 2 nitrogen and oxygen atoms in total. The van der Waals surface area contributed by atoms with Gasteiger partial charge in [-0.1, -0.05) is 31.4 Å². The molecular weight excluding hydrogens is 210 g/mol. The fraction of sp³-hybridized carbons (Fsp3) is 0.467. The highest BCUT2D eigenvalue weighted by Gasteiger charge is 2.02. The van der Waals surface area contributed by atoms with Crippen molar-refractivity contribution in [3.8, 4) is 18.1 Å². The Morgan fingerprint density at radius 3 is 2.59 bits per heavy atom. The minimum Gasteiger partial charge on any atom is -0.497 e. The Morgan fingerprint density at radius 1 is 1.35 bits per heavy atom. The van der Waals surface area contributed by atoms with E-state index in [-0.39, 0.29) is 6.04 Å². The highest BCUT2D eigenvalue weighted by molar-refractivity contribution is 5.27. The summed E-state index contributed by atoms with van der Waals surface area (Å²) in [4.78, 5) is 0. The average molecular weight is 231 g/mol. The molecule has 0 aromatic heterocycles. The lowest BCUT2D eigenvalue weighted by atomic mass is 10.1. The van der Waals surface area contributed by atoms with E-state index >= 15 is 0 Å². The molecule has 1 aromatic carbocycles. The van der Waals surface area contributed by atoms with Crippen LogP contribution in [0.1, 0.15) is 25.3 Å². The summed E-state index contributed by atoms with van der Waals surface area (Å²) in [5, 5.41) is 3.38. The summed E-state index contributed by atoms with van der Waals surface area (Å²) in [6.45, 7) is 3.07. The maximum atomic E-state index is 5.45. The van der Waals surface area contributed by atoms with E-state index in [1.807, 2.05) is 12.1 Å². The molecule has 1 N–H and O–H groups in total. The highest BCUT2D eigenvalue weighted by Crippen LogP contribution is 2.11. The second-order valence-electron chi connectivity index (χ2n) is 4.06. The number of benzene rings is 1. The van der Waals surface area contributed by atoms with Crippen LogP contribution in [0, 0.1) is 12.3 Å². The van der Waals surface area contributed by atoms with Gasteiger partial charge in [0.15, 0.2) is 0 Å². The first-order valence-electron chi connectivity index (χ1n) is 6.12. The first-order chi connectivity index (χ1) is 8.30. The van der Waals surface area contributed by atoms with Crippen LogP contribution in [0.3, 0.4) is 0 Å². The number of methoxy groups -OCH3 is 1. The van der Waals surface area contributed by atoms with Crippen LogP contribution in [0.5, 0.6) is 5.75 Å². The van der Waals surface area contributed by atoms with Crippen molar-refractivity contribution < 1.29 is 4.74 Å². The molecule has 1 aromatic rings. The molecule has 92 valence electrons. The maximum absolute atomic E-state index is 5.45. The van der Waals surface area contributed by atoms with Gasteiger partial charge >= 0.3 is 0 Å². The molecule has 0 heterocycles. The van der Waals surface area contributed by atoms with Gasteiger partial charge in [0, 0.05) is 6.54 Å². The zero-order valence-electron chi connectivity index (χ0n) is 10.7. The van der Waals surface area contributed by atoms with Gasteiger partial charge in [0.2, 0.25) is 0 Å². The average Bonchev–Trinajstić information content (AvgIpc) is 2.38. The van der Waals surface area contributed by atoms with Crippen LogP contribution >= 0.6 is 0 Å². The van der Waals surface area contributed by atoms with Crippen LogP contribution in [0.25, 0.3) is 0 Å². The van der Waals surface area contributed by atoms with Crippen LogP contribution < -0.4 is 10.1 Å². The van der Waals surface area contributed by atoms with E-state index in [1.165, 1.54) is 5.56 Å². The molecular formula is C15H21NO. The molecule has 0 saturated carbocycles. The van der Waals surface area contributed by atoms with Crippen molar-refractivity contribution in [1.29, 1.82) is 0 Å². The number of hydrogen-bond donors (Lipinski definition) is 1. The summed E-state index contributed by atoms with van der Waals surface area (Å²) in [5.74, 6) is 3.67. The van der Waals surface area contributed by atoms with Crippen LogP contribution in [0.4, 0.5) is 0 Å². The first kappa shape index (κ1) is 13.6. The number of ether oxygens (including phenoxy) is 1. The molecule has 0 aliphatic heterocycles. The van der Waals surface area contributed by atoms with E-state index in [1.54, 1.807) is 7.11 Å². The molecule has 1 unspecified atom stereocenters. The van der Waals surface area contributed by atoms with Crippen molar-refractivity contribution >= 4 is 0 Å². The molecule has 0 radical (unpaired) electrons. The molecule has 0 spiro atoms. The molecule has 17 heavy (non-hydrogen) atoms. The summed E-state index contributed by atoms with van der Waals surface area (Å²) < 4.78 is 5.12. The van der Waals surface area contributed by atoms with E-state index < -0.39 is 0 Å². The lowest BCUT2D eigenvalue weighted by Gasteiger charge is -2.11. The van der Waals surface area contributed by atoms with Gasteiger partial charge in [-0.15, -0.1) is 6.42 Å². The quantitative estimate of drug-likeness (QED) is 0.728. The molecule has 1 atom stereocenters. The normalized spacial score (nSPS) is 11.8. The monoisotopic (exact) mass is 231 g/mol. The second-order valence-corrected chi connectivity index (χ2v) is 4.06. The fourth-order valence-corrected chi connectivity index (χ4v) is 1.72. The van der Waals surface area contributed by atoms with Gasteiger partial charge in [0.05, 0.1) is 13.2 Å². The largest absolute Gasteiger partial charge is 0.497 e. The molecule has 0 saturated heterocycles. The molecule has 0 bridgehead atoms. The van der Waals surface area contributed by atoms with Crippen molar-refractivity contribution in [2.45, 2.75) is 32.2 Å². The smallest absolute Gasteiger partial charge is 0.118 e. The summed E-state index contributed by atoms with van der Waals surface area (Å²) in [5.41, 5.74) is 1.30. The summed E-state index contributed by atoms with van der Waals surface area (Å²) in [7, 11) is 1.68. The van der Waals surface area contributed by atoms with Crippen molar-refractivity contribution in [1.82, 2.24) is 5.32 Å². The Morgan fingerprint density at radius 2 is 2.06 bits per heavy atom. The Hall–Kier alpha value is -1.46. The van der Waals surface area contributed by atoms with Crippen molar-refractivity contribution in [3.05, 3.63) is 29.8 Å². The fourth-order valence-electron chi connectivity index (χ4n) is 1.72. The summed E-state index contributed by atoms with van der Waals surface area (Å²) >= 11 is 0. The Labute approximate surface area is 104 Å². The van der Waals surface area contributed by atoms with Gasteiger partial charge in [-0.25, -0.2) is 0 Å². The Bertz CT molecular complexity index is 350. The van der Waals surface area contributed by atoms with Crippen LogP contribution in [-0.4, -0.2) is 19.7 Å². The SMILES string of the molecule is C#CC(CCC)NCCc1ccc(OC)cc1. The van der Waals surface area contributed by atoms with Gasteiger partial charge in [-0.05, 0) is 30.5 Å². The minimum absolute atomic E-state index is 0.207. The predicted octanol–water partition coefficient (Wildman–Crippen LogP) is 2.63. The maximum Gasteiger partial charge on any atom is 0.118 e.